The van der Waals surface area contributed by atoms with Crippen LogP contribution in [-0.4, -0.2) is 18.8 Å². The average Bonchev–Trinajstić information content (AvgIpc) is 2.66. The Morgan fingerprint density at radius 1 is 1.20 bits per heavy atom. The first-order chi connectivity index (χ1) is 9.55. The van der Waals surface area contributed by atoms with Gasteiger partial charge in [0.15, 0.2) is 0 Å². The van der Waals surface area contributed by atoms with Gasteiger partial charge in [-0.2, -0.15) is 0 Å². The molecule has 2 aliphatic heterocycles. The Balaban J connectivity index is 2.01. The zero-order valence-corrected chi connectivity index (χ0v) is 12.7. The number of benzene rings is 1. The number of rotatable bonds is 1. The van der Waals surface area contributed by atoms with Crippen molar-refractivity contribution in [3.63, 3.8) is 0 Å². The zero-order valence-electron chi connectivity index (χ0n) is 12.7. The minimum absolute atomic E-state index is 0.0963. The largest absolute Gasteiger partial charge is 0.488 e. The molecular formula is C18H24O2. The van der Waals surface area contributed by atoms with Gasteiger partial charge in [-0.3, -0.25) is 0 Å². The summed E-state index contributed by atoms with van der Waals surface area (Å²) in [6.07, 6.45) is 5.53. The van der Waals surface area contributed by atoms with E-state index >= 15 is 0 Å². The zero-order chi connectivity index (χ0) is 14.2. The van der Waals surface area contributed by atoms with Gasteiger partial charge in [0.05, 0.1) is 13.2 Å². The smallest absolute Gasteiger partial charge is 0.123 e. The first kappa shape index (κ1) is 13.7. The van der Waals surface area contributed by atoms with Crippen LogP contribution in [0.25, 0.3) is 0 Å². The molecular weight excluding hydrogens is 248 g/mol. The van der Waals surface area contributed by atoms with Crippen LogP contribution in [0.2, 0.25) is 0 Å². The van der Waals surface area contributed by atoms with Gasteiger partial charge in [-0.1, -0.05) is 29.3 Å². The fourth-order valence-corrected chi connectivity index (χ4v) is 3.34. The van der Waals surface area contributed by atoms with Gasteiger partial charge >= 0.3 is 0 Å². The van der Waals surface area contributed by atoms with E-state index in [0.29, 0.717) is 5.92 Å². The van der Waals surface area contributed by atoms with Crippen LogP contribution >= 0.6 is 0 Å². The molecule has 2 heterocycles. The highest BCUT2D eigenvalue weighted by atomic mass is 16.5. The second kappa shape index (κ2) is 5.25. The van der Waals surface area contributed by atoms with Crippen LogP contribution < -0.4 is 4.74 Å². The maximum absolute atomic E-state index is 6.17. The summed E-state index contributed by atoms with van der Waals surface area (Å²) in [4.78, 5) is 0. The van der Waals surface area contributed by atoms with Gasteiger partial charge in [0, 0.05) is 11.5 Å². The summed E-state index contributed by atoms with van der Waals surface area (Å²) in [5, 5.41) is 0. The molecule has 0 radical (unpaired) electrons. The first-order valence-corrected chi connectivity index (χ1v) is 7.61. The van der Waals surface area contributed by atoms with Crippen LogP contribution in [0.1, 0.15) is 50.2 Å². The fourth-order valence-electron chi connectivity index (χ4n) is 3.34. The van der Waals surface area contributed by atoms with Crippen LogP contribution in [0.3, 0.4) is 0 Å². The molecule has 1 unspecified atom stereocenters. The quantitative estimate of drug-likeness (QED) is 0.706. The van der Waals surface area contributed by atoms with Crippen molar-refractivity contribution in [1.82, 2.24) is 0 Å². The second-order valence-corrected chi connectivity index (χ2v) is 6.59. The molecule has 2 aliphatic rings. The van der Waals surface area contributed by atoms with Gasteiger partial charge in [-0.25, -0.2) is 0 Å². The standard InChI is InChI=1S/C18H24O2/c1-13-6-7-17-15(11-13)16(12-18(2,3)20-17)14-5-4-9-19-10-8-14/h5-7,11,16H,4,8-10,12H2,1-3H3. The maximum Gasteiger partial charge on any atom is 0.123 e. The van der Waals surface area contributed by atoms with Crippen LogP contribution in [0, 0.1) is 6.92 Å². The van der Waals surface area contributed by atoms with E-state index in [2.05, 4.69) is 45.0 Å². The summed E-state index contributed by atoms with van der Waals surface area (Å²) in [5.74, 6) is 1.54. The van der Waals surface area contributed by atoms with Gasteiger partial charge in [-0.05, 0) is 46.1 Å². The Kier molecular flexibility index (Phi) is 3.59. The summed E-state index contributed by atoms with van der Waals surface area (Å²) in [7, 11) is 0. The summed E-state index contributed by atoms with van der Waals surface area (Å²) in [6.45, 7) is 8.25. The van der Waals surface area contributed by atoms with Crippen molar-refractivity contribution in [2.45, 2.75) is 51.6 Å². The van der Waals surface area contributed by atoms with E-state index < -0.39 is 0 Å². The van der Waals surface area contributed by atoms with Gasteiger partial charge < -0.3 is 9.47 Å². The van der Waals surface area contributed by atoms with Crippen LogP contribution in [0.5, 0.6) is 5.75 Å². The van der Waals surface area contributed by atoms with Crippen LogP contribution in [0.4, 0.5) is 0 Å². The molecule has 1 aromatic rings. The van der Waals surface area contributed by atoms with Crippen molar-refractivity contribution in [2.24, 2.45) is 0 Å². The molecule has 0 amide bonds. The predicted molar refractivity (Wildman–Crippen MR) is 81.4 cm³/mol. The number of fused-ring (bicyclic) bond motifs is 1. The van der Waals surface area contributed by atoms with Crippen LogP contribution in [0.15, 0.2) is 29.8 Å². The van der Waals surface area contributed by atoms with Crippen molar-refractivity contribution >= 4 is 0 Å². The highest BCUT2D eigenvalue weighted by molar-refractivity contribution is 5.45. The van der Waals surface area contributed by atoms with Crippen LogP contribution in [-0.2, 0) is 4.74 Å². The van der Waals surface area contributed by atoms with Crippen molar-refractivity contribution in [2.75, 3.05) is 13.2 Å². The Bertz CT molecular complexity index is 528. The monoisotopic (exact) mass is 272 g/mol. The summed E-state index contributed by atoms with van der Waals surface area (Å²) in [6, 6.07) is 6.57. The van der Waals surface area contributed by atoms with E-state index in [1.807, 2.05) is 0 Å². The van der Waals surface area contributed by atoms with Crippen molar-refractivity contribution < 1.29 is 9.47 Å². The third-order valence-corrected chi connectivity index (χ3v) is 4.27. The van der Waals surface area contributed by atoms with Crippen molar-refractivity contribution in [1.29, 1.82) is 0 Å². The molecule has 0 spiro atoms. The third kappa shape index (κ3) is 2.76. The molecule has 1 atom stereocenters. The molecule has 0 aromatic heterocycles. The highest BCUT2D eigenvalue weighted by Crippen LogP contribution is 2.45. The molecule has 0 aliphatic carbocycles. The van der Waals surface area contributed by atoms with Gasteiger partial charge in [0.2, 0.25) is 0 Å². The predicted octanol–water partition coefficient (Wildman–Crippen LogP) is 4.38. The number of ether oxygens (including phenoxy) is 2. The molecule has 2 nitrogen and oxygen atoms in total. The first-order valence-electron chi connectivity index (χ1n) is 7.61. The SMILES string of the molecule is Cc1ccc2c(c1)C(C1=CCCOCC1)CC(C)(C)O2. The molecule has 0 N–H and O–H groups in total. The molecule has 0 saturated heterocycles. The highest BCUT2D eigenvalue weighted by Gasteiger charge is 2.35. The molecule has 0 saturated carbocycles. The second-order valence-electron chi connectivity index (χ2n) is 6.59. The van der Waals surface area contributed by atoms with E-state index in [1.54, 1.807) is 0 Å². The Morgan fingerprint density at radius 2 is 2.05 bits per heavy atom. The van der Waals surface area contributed by atoms with E-state index in [4.69, 9.17) is 9.47 Å². The van der Waals surface area contributed by atoms with Crippen molar-refractivity contribution in [3.05, 3.63) is 41.0 Å². The Hall–Kier alpha value is -1.28. The molecule has 20 heavy (non-hydrogen) atoms. The molecule has 108 valence electrons. The summed E-state index contributed by atoms with van der Waals surface area (Å²) in [5.41, 5.74) is 4.10. The van der Waals surface area contributed by atoms with Gasteiger partial charge in [0.1, 0.15) is 11.4 Å². The maximum atomic E-state index is 6.17. The lowest BCUT2D eigenvalue weighted by Gasteiger charge is -2.39. The molecule has 2 heteroatoms. The average molecular weight is 272 g/mol. The topological polar surface area (TPSA) is 18.5 Å². The third-order valence-electron chi connectivity index (χ3n) is 4.27. The summed E-state index contributed by atoms with van der Waals surface area (Å²) >= 11 is 0. The lowest BCUT2D eigenvalue weighted by molar-refractivity contribution is 0.0756. The van der Waals surface area contributed by atoms with E-state index in [-0.39, 0.29) is 5.60 Å². The number of hydrogen-bond donors (Lipinski definition) is 0. The number of hydrogen-bond acceptors (Lipinski definition) is 2. The summed E-state index contributed by atoms with van der Waals surface area (Å²) < 4.78 is 11.8. The molecule has 0 bridgehead atoms. The molecule has 1 aromatic carbocycles. The van der Waals surface area contributed by atoms with E-state index in [1.165, 1.54) is 16.7 Å². The van der Waals surface area contributed by atoms with Crippen molar-refractivity contribution in [3.8, 4) is 5.75 Å². The van der Waals surface area contributed by atoms with Gasteiger partial charge in [-0.15, -0.1) is 0 Å². The van der Waals surface area contributed by atoms with E-state index in [9.17, 15) is 0 Å². The molecule has 0 fully saturated rings. The van der Waals surface area contributed by atoms with E-state index in [0.717, 1.165) is 38.2 Å². The lowest BCUT2D eigenvalue weighted by Crippen LogP contribution is -2.35. The normalized spacial score (nSPS) is 25.1. The fraction of sp³-hybridized carbons (Fsp3) is 0.556. The van der Waals surface area contributed by atoms with Gasteiger partial charge in [0.25, 0.3) is 0 Å². The number of aryl methyl sites for hydroxylation is 1. The molecule has 3 rings (SSSR count). The minimum atomic E-state index is -0.0963. The lowest BCUT2D eigenvalue weighted by atomic mass is 9.78. The Labute approximate surface area is 121 Å². The Morgan fingerprint density at radius 3 is 2.90 bits per heavy atom. The minimum Gasteiger partial charge on any atom is -0.488 e.